The molecule has 35 heavy (non-hydrogen) atoms. The van der Waals surface area contributed by atoms with Crippen LogP contribution in [0.1, 0.15) is 17.2 Å². The van der Waals surface area contributed by atoms with Crippen LogP contribution in [0.25, 0.3) is 6.20 Å². The maximum atomic E-state index is 13.7. The molecule has 3 heterocycles. The number of nitrogens with two attached hydrogens (primary N) is 1. The highest BCUT2D eigenvalue weighted by molar-refractivity contribution is 8.01. The molecule has 1 saturated heterocycles. The molecule has 0 bridgehead atoms. The van der Waals surface area contributed by atoms with Gasteiger partial charge in [0, 0.05) is 17.7 Å². The van der Waals surface area contributed by atoms with Crippen molar-refractivity contribution in [3.05, 3.63) is 89.6 Å². The first-order valence-corrected chi connectivity index (χ1v) is 12.9. The van der Waals surface area contributed by atoms with Gasteiger partial charge in [-0.3, -0.25) is 9.69 Å². The van der Waals surface area contributed by atoms with Gasteiger partial charge >= 0.3 is 5.97 Å². The first-order chi connectivity index (χ1) is 17.1. The number of rotatable bonds is 8. The number of fused-ring (bicyclic) bond motifs is 1. The molecule has 2 atom stereocenters. The summed E-state index contributed by atoms with van der Waals surface area (Å²) in [7, 11) is 0. The number of thioether (sulfide) groups is 2. The van der Waals surface area contributed by atoms with Crippen molar-refractivity contribution in [1.82, 2.24) is 25.1 Å². The van der Waals surface area contributed by atoms with Gasteiger partial charge < -0.3 is 10.5 Å². The Labute approximate surface area is 210 Å². The van der Waals surface area contributed by atoms with E-state index >= 15 is 0 Å². The molecule has 3 aromatic rings. The van der Waals surface area contributed by atoms with Crippen LogP contribution in [-0.2, 0) is 14.3 Å². The number of hydrogen-bond donors (Lipinski definition) is 1. The average molecular weight is 507 g/mol. The van der Waals surface area contributed by atoms with E-state index in [4.69, 9.17) is 10.5 Å². The monoisotopic (exact) mass is 506 g/mol. The highest BCUT2D eigenvalue weighted by atomic mass is 32.2. The van der Waals surface area contributed by atoms with E-state index in [-0.39, 0.29) is 17.0 Å². The van der Waals surface area contributed by atoms with Gasteiger partial charge in [0.1, 0.15) is 17.1 Å². The fourth-order valence-corrected chi connectivity index (χ4v) is 6.27. The van der Waals surface area contributed by atoms with E-state index in [1.165, 1.54) is 39.3 Å². The number of amides is 1. The maximum absolute atomic E-state index is 13.7. The molecule has 178 valence electrons. The Morgan fingerprint density at radius 1 is 1.20 bits per heavy atom. The van der Waals surface area contributed by atoms with Crippen molar-refractivity contribution in [2.75, 3.05) is 11.5 Å². The number of carbonyl (C=O) groups excluding carboxylic acids is 2. The molecule has 9 nitrogen and oxygen atoms in total. The molecule has 0 aliphatic carbocycles. The molecule has 1 unspecified atom stereocenters. The van der Waals surface area contributed by atoms with Gasteiger partial charge in [0.25, 0.3) is 0 Å². The molecule has 0 spiro atoms. The molecule has 5 rings (SSSR count). The minimum atomic E-state index is -0.635. The lowest BCUT2D eigenvalue weighted by molar-refractivity contribution is -0.153. The molecule has 2 aromatic carbocycles. The summed E-state index contributed by atoms with van der Waals surface area (Å²) >= 11 is 2.89. The second-order valence-electron chi connectivity index (χ2n) is 7.87. The highest BCUT2D eigenvalue weighted by Crippen LogP contribution is 2.42. The second-order valence-corrected chi connectivity index (χ2v) is 9.92. The van der Waals surface area contributed by atoms with Gasteiger partial charge in [-0.25, -0.2) is 4.79 Å². The van der Waals surface area contributed by atoms with Crippen LogP contribution in [-0.4, -0.2) is 59.9 Å². The highest BCUT2D eigenvalue weighted by Gasteiger charge is 2.52. The Hall–Kier alpha value is -3.41. The largest absolute Gasteiger partial charge is 0.448 e. The molecule has 11 heteroatoms. The molecule has 2 aliphatic rings. The molecular weight excluding hydrogens is 484 g/mol. The topological polar surface area (TPSA) is 116 Å². The van der Waals surface area contributed by atoms with Gasteiger partial charge in [0.2, 0.25) is 11.1 Å². The van der Waals surface area contributed by atoms with Crippen molar-refractivity contribution >= 4 is 41.6 Å². The Morgan fingerprint density at radius 2 is 1.86 bits per heavy atom. The molecule has 1 amide bonds. The third-order valence-corrected chi connectivity index (χ3v) is 8.10. The van der Waals surface area contributed by atoms with Crippen LogP contribution in [0, 0.1) is 0 Å². The lowest BCUT2D eigenvalue weighted by atomic mass is 10.0. The smallest absolute Gasteiger partial charge is 0.356 e. The van der Waals surface area contributed by atoms with E-state index < -0.39 is 18.1 Å². The number of ether oxygens (including phenoxy) is 1. The lowest BCUT2D eigenvalue weighted by Gasteiger charge is -2.48. The van der Waals surface area contributed by atoms with Gasteiger partial charge in [-0.05, 0) is 27.1 Å². The van der Waals surface area contributed by atoms with Gasteiger partial charge in [-0.1, -0.05) is 79.0 Å². The quantitative estimate of drug-likeness (QED) is 0.280. The van der Waals surface area contributed by atoms with Crippen molar-refractivity contribution in [2.45, 2.75) is 22.7 Å². The van der Waals surface area contributed by atoms with Crippen molar-refractivity contribution in [1.29, 1.82) is 0 Å². The van der Waals surface area contributed by atoms with Gasteiger partial charge in [0.15, 0.2) is 6.10 Å². The fraction of sp³-hybridized carbons (Fsp3) is 0.208. The number of benzene rings is 2. The van der Waals surface area contributed by atoms with Crippen molar-refractivity contribution < 1.29 is 14.3 Å². The van der Waals surface area contributed by atoms with Crippen LogP contribution in [0.3, 0.4) is 0 Å². The van der Waals surface area contributed by atoms with Gasteiger partial charge in [-0.15, -0.1) is 16.9 Å². The Kier molecular flexibility index (Phi) is 6.71. The molecule has 2 N–H and O–H groups in total. The zero-order valence-electron chi connectivity index (χ0n) is 18.6. The minimum Gasteiger partial charge on any atom is -0.448 e. The minimum absolute atomic E-state index is 0.252. The molecule has 1 fully saturated rings. The average Bonchev–Trinajstić information content (AvgIpc) is 3.38. The number of hydrogen-bond acceptors (Lipinski definition) is 9. The summed E-state index contributed by atoms with van der Waals surface area (Å²) in [5.74, 6) is 0.0886. The number of nitrogens with zero attached hydrogens (tertiary/aromatic N) is 5. The predicted octanol–water partition coefficient (Wildman–Crippen LogP) is 2.70. The fourth-order valence-electron chi connectivity index (χ4n) is 3.97. The standard InChI is InChI=1S/C24H22N6O3S2/c1-2-29-24(26-27-28-29)35-14-17-13-34-22-18(25)21(31)30(22)19(17)23(32)33-20(15-9-5-3-6-10-15)16-11-7-4-8-12-16/h2-12,18,20,22H,1,13-14,25H2/t18?,22-/m1/s1. The Balaban J connectivity index is 1.47. The molecule has 0 saturated carbocycles. The second kappa shape index (κ2) is 10.1. The van der Waals surface area contributed by atoms with E-state index in [9.17, 15) is 9.59 Å². The first kappa shape index (κ1) is 23.3. The summed E-state index contributed by atoms with van der Waals surface area (Å²) in [5.41, 5.74) is 8.71. The van der Waals surface area contributed by atoms with Crippen molar-refractivity contribution in [2.24, 2.45) is 5.73 Å². The van der Waals surface area contributed by atoms with Crippen molar-refractivity contribution in [3.8, 4) is 0 Å². The summed E-state index contributed by atoms with van der Waals surface area (Å²) in [6, 6.07) is 18.4. The lowest BCUT2D eigenvalue weighted by Crippen LogP contribution is -2.68. The van der Waals surface area contributed by atoms with E-state index in [0.717, 1.165) is 16.7 Å². The third kappa shape index (κ3) is 4.49. The summed E-state index contributed by atoms with van der Waals surface area (Å²) < 4.78 is 7.55. The molecule has 2 aliphatic heterocycles. The van der Waals surface area contributed by atoms with Crippen LogP contribution in [0.15, 0.2) is 83.7 Å². The van der Waals surface area contributed by atoms with Crippen molar-refractivity contribution in [3.63, 3.8) is 0 Å². The zero-order chi connectivity index (χ0) is 24.4. The van der Waals surface area contributed by atoms with E-state index in [1.54, 1.807) is 0 Å². The Bertz CT molecular complexity index is 1240. The van der Waals surface area contributed by atoms with Crippen LogP contribution in [0.4, 0.5) is 0 Å². The van der Waals surface area contributed by atoms with Gasteiger partial charge in [-0.2, -0.15) is 4.68 Å². The third-order valence-electron chi connectivity index (χ3n) is 5.72. The van der Waals surface area contributed by atoms with Crippen LogP contribution in [0.5, 0.6) is 0 Å². The summed E-state index contributed by atoms with van der Waals surface area (Å²) in [5, 5.41) is 11.7. The zero-order valence-corrected chi connectivity index (χ0v) is 20.2. The normalized spacial score (nSPS) is 19.4. The molecule has 1 aromatic heterocycles. The molecular formula is C24H22N6O3S2. The summed E-state index contributed by atoms with van der Waals surface area (Å²) in [6.45, 7) is 3.69. The summed E-state index contributed by atoms with van der Waals surface area (Å²) in [6.07, 6.45) is 0.872. The number of esters is 1. The number of carbonyl (C=O) groups is 2. The Morgan fingerprint density at radius 3 is 2.49 bits per heavy atom. The number of β-lactam (4-membered cyclic amide) rings is 1. The number of tetrazole rings is 1. The van der Waals surface area contributed by atoms with E-state index in [1.807, 2.05) is 60.7 Å². The van der Waals surface area contributed by atoms with Crippen LogP contribution < -0.4 is 5.73 Å². The van der Waals surface area contributed by atoms with E-state index in [0.29, 0.717) is 16.7 Å². The molecule has 0 radical (unpaired) electrons. The predicted molar refractivity (Wildman–Crippen MR) is 134 cm³/mol. The SMILES string of the molecule is C=Cn1nnnc1SCC1=C(C(=O)OC(c2ccccc2)c2ccccc2)N2C(=O)C(N)[C@H]2SC1. The maximum Gasteiger partial charge on any atom is 0.356 e. The number of aromatic nitrogens is 4. The van der Waals surface area contributed by atoms with Crippen LogP contribution in [0.2, 0.25) is 0 Å². The summed E-state index contributed by atoms with van der Waals surface area (Å²) in [4.78, 5) is 27.9. The van der Waals surface area contributed by atoms with Crippen LogP contribution >= 0.6 is 23.5 Å². The van der Waals surface area contributed by atoms with Gasteiger partial charge in [0.05, 0.1) is 0 Å². The van der Waals surface area contributed by atoms with E-state index in [2.05, 4.69) is 22.1 Å². The first-order valence-electron chi connectivity index (χ1n) is 10.8.